The SMILES string of the molecule is CCS(=O)(=O)CCNc1cc(Br)cc(C(=O)O)c1. The fourth-order valence-electron chi connectivity index (χ4n) is 1.31. The van der Waals surface area contributed by atoms with E-state index in [1.54, 1.807) is 13.0 Å². The smallest absolute Gasteiger partial charge is 0.335 e. The predicted octanol–water partition coefficient (Wildman–Crippen LogP) is 1.99. The molecule has 7 heteroatoms. The maximum absolute atomic E-state index is 11.3. The number of carboxylic acids is 1. The summed E-state index contributed by atoms with van der Waals surface area (Å²) >= 11 is 3.20. The van der Waals surface area contributed by atoms with Gasteiger partial charge in [-0.1, -0.05) is 22.9 Å². The Bertz CT molecular complexity index is 542. The number of sulfone groups is 1. The van der Waals surface area contributed by atoms with Gasteiger partial charge in [0.1, 0.15) is 0 Å². The third-order valence-electron chi connectivity index (χ3n) is 2.33. The summed E-state index contributed by atoms with van der Waals surface area (Å²) < 4.78 is 23.2. The number of rotatable bonds is 6. The Morgan fingerprint density at radius 3 is 2.61 bits per heavy atom. The van der Waals surface area contributed by atoms with Gasteiger partial charge in [0.2, 0.25) is 0 Å². The van der Waals surface area contributed by atoms with Gasteiger partial charge in [-0.25, -0.2) is 13.2 Å². The van der Waals surface area contributed by atoms with Gasteiger partial charge < -0.3 is 10.4 Å². The summed E-state index contributed by atoms with van der Waals surface area (Å²) in [5.74, 6) is -0.896. The van der Waals surface area contributed by atoms with E-state index in [1.165, 1.54) is 12.1 Å². The van der Waals surface area contributed by atoms with E-state index in [4.69, 9.17) is 5.11 Å². The summed E-state index contributed by atoms with van der Waals surface area (Å²) in [5, 5.41) is 11.8. The molecule has 0 saturated carbocycles. The molecule has 0 saturated heterocycles. The van der Waals surface area contributed by atoms with Gasteiger partial charge in [-0.3, -0.25) is 0 Å². The Kier molecular flexibility index (Phi) is 5.15. The maximum Gasteiger partial charge on any atom is 0.335 e. The zero-order valence-corrected chi connectivity index (χ0v) is 12.2. The van der Waals surface area contributed by atoms with Crippen LogP contribution >= 0.6 is 15.9 Å². The first-order chi connectivity index (χ1) is 8.34. The monoisotopic (exact) mass is 335 g/mol. The van der Waals surface area contributed by atoms with Crippen molar-refractivity contribution in [3.8, 4) is 0 Å². The molecular formula is C11H14BrNO4S. The lowest BCUT2D eigenvalue weighted by molar-refractivity contribution is 0.0697. The van der Waals surface area contributed by atoms with Crippen molar-refractivity contribution in [1.82, 2.24) is 0 Å². The minimum Gasteiger partial charge on any atom is -0.478 e. The van der Waals surface area contributed by atoms with Crippen LogP contribution < -0.4 is 5.32 Å². The van der Waals surface area contributed by atoms with Gasteiger partial charge in [0.05, 0.1) is 11.3 Å². The number of carboxylic acid groups (broad SMARTS) is 1. The van der Waals surface area contributed by atoms with Crippen LogP contribution in [0.5, 0.6) is 0 Å². The second-order valence-corrected chi connectivity index (χ2v) is 7.09. The lowest BCUT2D eigenvalue weighted by Crippen LogP contribution is -2.17. The average Bonchev–Trinajstić information content (AvgIpc) is 2.28. The summed E-state index contributed by atoms with van der Waals surface area (Å²) in [5.41, 5.74) is 0.721. The summed E-state index contributed by atoms with van der Waals surface area (Å²) in [4.78, 5) is 10.8. The van der Waals surface area contributed by atoms with Gasteiger partial charge in [-0.05, 0) is 18.2 Å². The molecule has 1 rings (SSSR count). The molecule has 0 amide bonds. The van der Waals surface area contributed by atoms with Crippen LogP contribution in [0.15, 0.2) is 22.7 Å². The van der Waals surface area contributed by atoms with Crippen LogP contribution in [0.2, 0.25) is 0 Å². The van der Waals surface area contributed by atoms with Gasteiger partial charge in [0.25, 0.3) is 0 Å². The van der Waals surface area contributed by atoms with E-state index >= 15 is 0 Å². The molecule has 0 aliphatic rings. The van der Waals surface area contributed by atoms with Gasteiger partial charge >= 0.3 is 5.97 Å². The van der Waals surface area contributed by atoms with Crippen LogP contribution in [0.4, 0.5) is 5.69 Å². The summed E-state index contributed by atoms with van der Waals surface area (Å²) in [6, 6.07) is 4.65. The standard InChI is InChI=1S/C11H14BrNO4S/c1-2-18(16,17)4-3-13-10-6-8(11(14)15)5-9(12)7-10/h5-7,13H,2-4H2,1H3,(H,14,15). The Labute approximate surface area is 114 Å². The second-order valence-electron chi connectivity index (χ2n) is 3.70. The first-order valence-corrected chi connectivity index (χ1v) is 7.93. The molecule has 0 aliphatic carbocycles. The van der Waals surface area contributed by atoms with E-state index in [0.717, 1.165) is 0 Å². The Hall–Kier alpha value is -1.08. The molecule has 0 fully saturated rings. The van der Waals surface area contributed by atoms with Crippen molar-refractivity contribution in [2.75, 3.05) is 23.4 Å². The van der Waals surface area contributed by atoms with Crippen molar-refractivity contribution >= 4 is 37.4 Å². The minimum atomic E-state index is -3.02. The quantitative estimate of drug-likeness (QED) is 0.830. The zero-order valence-electron chi connectivity index (χ0n) is 9.81. The fraction of sp³-hybridized carbons (Fsp3) is 0.364. The third-order valence-corrected chi connectivity index (χ3v) is 4.49. The number of benzene rings is 1. The molecule has 0 radical (unpaired) electrons. The first kappa shape index (κ1) is 15.0. The molecule has 18 heavy (non-hydrogen) atoms. The third kappa shape index (κ3) is 4.66. The van der Waals surface area contributed by atoms with E-state index in [-0.39, 0.29) is 23.6 Å². The van der Waals surface area contributed by atoms with Crippen LogP contribution in [-0.2, 0) is 9.84 Å². The number of anilines is 1. The van der Waals surface area contributed by atoms with Gasteiger partial charge in [0.15, 0.2) is 9.84 Å². The number of halogens is 1. The number of hydrogen-bond donors (Lipinski definition) is 2. The minimum absolute atomic E-state index is 0.0262. The van der Waals surface area contributed by atoms with Crippen molar-refractivity contribution in [2.24, 2.45) is 0 Å². The fourth-order valence-corrected chi connectivity index (χ4v) is 2.51. The largest absolute Gasteiger partial charge is 0.478 e. The summed E-state index contributed by atoms with van der Waals surface area (Å²) in [6.45, 7) is 1.85. The highest BCUT2D eigenvalue weighted by molar-refractivity contribution is 9.10. The van der Waals surface area contributed by atoms with Crippen molar-refractivity contribution in [2.45, 2.75) is 6.92 Å². The lowest BCUT2D eigenvalue weighted by Gasteiger charge is -2.08. The molecule has 0 aromatic heterocycles. The van der Waals surface area contributed by atoms with Crippen LogP contribution in [0, 0.1) is 0 Å². The highest BCUT2D eigenvalue weighted by Gasteiger charge is 2.08. The highest BCUT2D eigenvalue weighted by Crippen LogP contribution is 2.19. The van der Waals surface area contributed by atoms with Gasteiger partial charge in [-0.15, -0.1) is 0 Å². The summed E-state index contributed by atoms with van der Waals surface area (Å²) in [6.07, 6.45) is 0. The molecule has 5 nitrogen and oxygen atoms in total. The van der Waals surface area contributed by atoms with Gasteiger partial charge in [0, 0.05) is 22.5 Å². The van der Waals surface area contributed by atoms with E-state index in [2.05, 4.69) is 21.2 Å². The molecule has 0 atom stereocenters. The molecule has 100 valence electrons. The molecule has 0 heterocycles. The van der Waals surface area contributed by atoms with Crippen LogP contribution in [0.25, 0.3) is 0 Å². The molecule has 0 spiro atoms. The Morgan fingerprint density at radius 1 is 1.39 bits per heavy atom. The van der Waals surface area contributed by atoms with Crippen molar-refractivity contribution in [1.29, 1.82) is 0 Å². The van der Waals surface area contributed by atoms with E-state index in [9.17, 15) is 13.2 Å². The molecule has 0 aliphatic heterocycles. The molecule has 1 aromatic rings. The zero-order chi connectivity index (χ0) is 13.8. The van der Waals surface area contributed by atoms with Crippen LogP contribution in [0.1, 0.15) is 17.3 Å². The Balaban J connectivity index is 2.71. The van der Waals surface area contributed by atoms with E-state index in [0.29, 0.717) is 10.2 Å². The van der Waals surface area contributed by atoms with E-state index in [1.807, 2.05) is 0 Å². The molecule has 1 aromatic carbocycles. The first-order valence-electron chi connectivity index (χ1n) is 5.32. The molecule has 2 N–H and O–H groups in total. The van der Waals surface area contributed by atoms with Crippen molar-refractivity contribution in [3.63, 3.8) is 0 Å². The van der Waals surface area contributed by atoms with Crippen LogP contribution in [-0.4, -0.2) is 37.5 Å². The molecule has 0 unspecified atom stereocenters. The predicted molar refractivity (Wildman–Crippen MR) is 73.9 cm³/mol. The second kappa shape index (κ2) is 6.19. The van der Waals surface area contributed by atoms with Crippen molar-refractivity contribution < 1.29 is 18.3 Å². The number of hydrogen-bond acceptors (Lipinski definition) is 4. The molecular weight excluding hydrogens is 322 g/mol. The highest BCUT2D eigenvalue weighted by atomic mass is 79.9. The number of aromatic carboxylic acids is 1. The number of nitrogens with one attached hydrogen (secondary N) is 1. The van der Waals surface area contributed by atoms with E-state index < -0.39 is 15.8 Å². The molecule has 0 bridgehead atoms. The lowest BCUT2D eigenvalue weighted by atomic mass is 10.2. The summed E-state index contributed by atoms with van der Waals surface area (Å²) in [7, 11) is -3.02. The topological polar surface area (TPSA) is 83.5 Å². The Morgan fingerprint density at radius 2 is 2.06 bits per heavy atom. The van der Waals surface area contributed by atoms with Crippen LogP contribution in [0.3, 0.4) is 0 Å². The van der Waals surface area contributed by atoms with Crippen molar-refractivity contribution in [3.05, 3.63) is 28.2 Å². The normalized spacial score (nSPS) is 11.2. The van der Waals surface area contributed by atoms with Gasteiger partial charge in [-0.2, -0.15) is 0 Å². The number of carbonyl (C=O) groups is 1. The average molecular weight is 336 g/mol. The maximum atomic E-state index is 11.3.